The molecule has 5 heteroatoms. The normalized spacial score (nSPS) is 10.4. The van der Waals surface area contributed by atoms with Crippen LogP contribution >= 0.6 is 0 Å². The molecule has 0 atom stereocenters. The molecule has 0 fully saturated rings. The van der Waals surface area contributed by atoms with Gasteiger partial charge in [-0.1, -0.05) is 42.5 Å². The first-order valence-corrected chi connectivity index (χ1v) is 8.12. The van der Waals surface area contributed by atoms with E-state index in [2.05, 4.69) is 10.4 Å². The van der Waals surface area contributed by atoms with E-state index in [1.807, 2.05) is 49.4 Å². The summed E-state index contributed by atoms with van der Waals surface area (Å²) < 4.78 is 1.36. The summed E-state index contributed by atoms with van der Waals surface area (Å²) >= 11 is 0. The molecule has 3 aromatic rings. The first-order chi connectivity index (χ1) is 12.1. The number of benzene rings is 2. The van der Waals surface area contributed by atoms with Crippen molar-refractivity contribution in [1.82, 2.24) is 15.1 Å². The van der Waals surface area contributed by atoms with Gasteiger partial charge < -0.3 is 5.32 Å². The minimum atomic E-state index is -0.174. The van der Waals surface area contributed by atoms with E-state index in [0.717, 1.165) is 16.8 Å². The van der Waals surface area contributed by atoms with Gasteiger partial charge in [0.05, 0.1) is 12.2 Å². The van der Waals surface area contributed by atoms with Gasteiger partial charge in [0.25, 0.3) is 11.5 Å². The number of rotatable bonds is 5. The second-order valence-electron chi connectivity index (χ2n) is 5.74. The molecule has 0 bridgehead atoms. The number of nitrogens with one attached hydrogen (secondary N) is 1. The third-order valence-electron chi connectivity index (χ3n) is 3.86. The largest absolute Gasteiger partial charge is 0.350 e. The fraction of sp³-hybridized carbons (Fsp3) is 0.150. The predicted octanol–water partition coefficient (Wildman–Crippen LogP) is 2.65. The van der Waals surface area contributed by atoms with Crippen molar-refractivity contribution in [2.24, 2.45) is 0 Å². The zero-order chi connectivity index (χ0) is 17.6. The number of carbonyl (C=O) groups excluding carboxylic acids is 1. The van der Waals surface area contributed by atoms with Crippen molar-refractivity contribution >= 4 is 5.91 Å². The third-order valence-corrected chi connectivity index (χ3v) is 3.86. The lowest BCUT2D eigenvalue weighted by Crippen LogP contribution is -2.32. The molecule has 25 heavy (non-hydrogen) atoms. The van der Waals surface area contributed by atoms with Gasteiger partial charge in [-0.15, -0.1) is 0 Å². The first kappa shape index (κ1) is 16.6. The lowest BCUT2D eigenvalue weighted by molar-refractivity contribution is 0.0951. The molecule has 2 aromatic carbocycles. The highest BCUT2D eigenvalue weighted by atomic mass is 16.1. The van der Waals surface area contributed by atoms with E-state index < -0.39 is 0 Å². The van der Waals surface area contributed by atoms with Crippen LogP contribution in [0.2, 0.25) is 0 Å². The highest BCUT2D eigenvalue weighted by Gasteiger charge is 2.06. The first-order valence-electron chi connectivity index (χ1n) is 8.12. The van der Waals surface area contributed by atoms with Crippen molar-refractivity contribution in [3.8, 4) is 11.1 Å². The number of hydrogen-bond donors (Lipinski definition) is 1. The SMILES string of the molecule is Cc1ccc(=O)n(CCNC(=O)c2ccc(-c3ccccc3)cc2)n1. The summed E-state index contributed by atoms with van der Waals surface area (Å²) in [6.07, 6.45) is 0. The van der Waals surface area contributed by atoms with Gasteiger partial charge in [-0.3, -0.25) is 9.59 Å². The molecular weight excluding hydrogens is 314 g/mol. The average molecular weight is 333 g/mol. The number of aromatic nitrogens is 2. The quantitative estimate of drug-likeness (QED) is 0.781. The van der Waals surface area contributed by atoms with Gasteiger partial charge in [-0.25, -0.2) is 4.68 Å². The molecule has 1 heterocycles. The van der Waals surface area contributed by atoms with Crippen molar-refractivity contribution in [3.63, 3.8) is 0 Å². The molecule has 1 N–H and O–H groups in total. The lowest BCUT2D eigenvalue weighted by Gasteiger charge is -2.08. The summed E-state index contributed by atoms with van der Waals surface area (Å²) in [4.78, 5) is 23.9. The Hall–Kier alpha value is -3.21. The smallest absolute Gasteiger partial charge is 0.266 e. The summed E-state index contributed by atoms with van der Waals surface area (Å²) in [5.41, 5.74) is 3.35. The minimum absolute atomic E-state index is 0.166. The van der Waals surface area contributed by atoms with Gasteiger partial charge in [0.1, 0.15) is 0 Å². The van der Waals surface area contributed by atoms with Crippen molar-refractivity contribution in [3.05, 3.63) is 88.3 Å². The molecule has 126 valence electrons. The van der Waals surface area contributed by atoms with Crippen LogP contribution in [-0.4, -0.2) is 22.2 Å². The topological polar surface area (TPSA) is 64.0 Å². The Kier molecular flexibility index (Phi) is 5.04. The predicted molar refractivity (Wildman–Crippen MR) is 97.4 cm³/mol. The van der Waals surface area contributed by atoms with Crippen LogP contribution in [0.25, 0.3) is 11.1 Å². The van der Waals surface area contributed by atoms with Gasteiger partial charge in [-0.2, -0.15) is 5.10 Å². The molecule has 1 amide bonds. The molecule has 0 saturated heterocycles. The minimum Gasteiger partial charge on any atom is -0.350 e. The van der Waals surface area contributed by atoms with E-state index >= 15 is 0 Å². The van der Waals surface area contributed by atoms with Crippen LogP contribution in [0, 0.1) is 6.92 Å². The molecule has 1 aromatic heterocycles. The standard InChI is InChI=1S/C20H19N3O2/c1-15-7-12-19(24)23(22-15)14-13-21-20(25)18-10-8-17(9-11-18)16-5-3-2-4-6-16/h2-12H,13-14H2,1H3,(H,21,25). The highest BCUT2D eigenvalue weighted by Crippen LogP contribution is 2.19. The van der Waals surface area contributed by atoms with Gasteiger partial charge in [0, 0.05) is 18.2 Å². The maximum atomic E-state index is 12.2. The number of nitrogens with zero attached hydrogens (tertiary/aromatic N) is 2. The van der Waals surface area contributed by atoms with Crippen LogP contribution < -0.4 is 10.9 Å². The maximum Gasteiger partial charge on any atom is 0.266 e. The maximum absolute atomic E-state index is 12.2. The Morgan fingerprint density at radius 3 is 2.36 bits per heavy atom. The summed E-state index contributed by atoms with van der Waals surface area (Å²) in [5, 5.41) is 6.96. The van der Waals surface area contributed by atoms with Gasteiger partial charge in [0.2, 0.25) is 0 Å². The molecule has 0 aliphatic rings. The zero-order valence-electron chi connectivity index (χ0n) is 14.0. The number of aryl methyl sites for hydroxylation is 1. The molecule has 0 saturated carbocycles. The Labute approximate surface area is 145 Å². The fourth-order valence-electron chi connectivity index (χ4n) is 2.53. The van der Waals surface area contributed by atoms with E-state index in [1.165, 1.54) is 10.7 Å². The fourth-order valence-corrected chi connectivity index (χ4v) is 2.53. The molecule has 0 spiro atoms. The molecule has 0 unspecified atom stereocenters. The monoisotopic (exact) mass is 333 g/mol. The second-order valence-corrected chi connectivity index (χ2v) is 5.74. The van der Waals surface area contributed by atoms with Crippen molar-refractivity contribution in [2.45, 2.75) is 13.5 Å². The molecule has 0 aliphatic carbocycles. The summed E-state index contributed by atoms with van der Waals surface area (Å²) in [6, 6.07) is 20.6. The zero-order valence-corrected chi connectivity index (χ0v) is 14.0. The van der Waals surface area contributed by atoms with Crippen LogP contribution in [0.15, 0.2) is 71.5 Å². The van der Waals surface area contributed by atoms with Crippen LogP contribution in [0.5, 0.6) is 0 Å². The van der Waals surface area contributed by atoms with Crippen LogP contribution in [0.4, 0.5) is 0 Å². The van der Waals surface area contributed by atoms with Crippen molar-refractivity contribution in [1.29, 1.82) is 0 Å². The summed E-state index contributed by atoms with van der Waals surface area (Å²) in [7, 11) is 0. The third kappa shape index (κ3) is 4.20. The second kappa shape index (κ2) is 7.57. The van der Waals surface area contributed by atoms with Crippen LogP contribution in [-0.2, 0) is 6.54 Å². The van der Waals surface area contributed by atoms with E-state index in [0.29, 0.717) is 18.7 Å². The van der Waals surface area contributed by atoms with Crippen molar-refractivity contribution < 1.29 is 4.79 Å². The lowest BCUT2D eigenvalue weighted by atomic mass is 10.0. The number of carbonyl (C=O) groups is 1. The Bertz CT molecular complexity index is 916. The molecule has 3 rings (SSSR count). The van der Waals surface area contributed by atoms with Gasteiger partial charge in [-0.05, 0) is 36.2 Å². The summed E-state index contributed by atoms with van der Waals surface area (Å²) in [6.45, 7) is 2.51. The molecule has 5 nitrogen and oxygen atoms in total. The Morgan fingerprint density at radius 1 is 0.960 bits per heavy atom. The molecular formula is C20H19N3O2. The van der Waals surface area contributed by atoms with E-state index in [-0.39, 0.29) is 11.5 Å². The van der Waals surface area contributed by atoms with E-state index in [9.17, 15) is 9.59 Å². The Morgan fingerprint density at radius 2 is 1.64 bits per heavy atom. The van der Waals surface area contributed by atoms with Crippen LogP contribution in [0.3, 0.4) is 0 Å². The highest BCUT2D eigenvalue weighted by molar-refractivity contribution is 5.94. The van der Waals surface area contributed by atoms with Gasteiger partial charge in [0.15, 0.2) is 0 Å². The average Bonchev–Trinajstić information content (AvgIpc) is 2.65. The number of amides is 1. The molecule has 0 radical (unpaired) electrons. The van der Waals surface area contributed by atoms with Crippen LogP contribution in [0.1, 0.15) is 16.1 Å². The molecule has 0 aliphatic heterocycles. The Balaban J connectivity index is 1.60. The number of hydrogen-bond acceptors (Lipinski definition) is 3. The van der Waals surface area contributed by atoms with Crippen molar-refractivity contribution in [2.75, 3.05) is 6.54 Å². The summed E-state index contributed by atoms with van der Waals surface area (Å²) in [5.74, 6) is -0.166. The van der Waals surface area contributed by atoms with Gasteiger partial charge >= 0.3 is 0 Å². The van der Waals surface area contributed by atoms with E-state index in [1.54, 1.807) is 18.2 Å². The van der Waals surface area contributed by atoms with E-state index in [4.69, 9.17) is 0 Å².